The van der Waals surface area contributed by atoms with E-state index in [1.165, 1.54) is 35.8 Å². The third kappa shape index (κ3) is 3.42. The van der Waals surface area contributed by atoms with Gasteiger partial charge < -0.3 is 4.74 Å². The predicted molar refractivity (Wildman–Crippen MR) is 64.7 cm³/mol. The van der Waals surface area contributed by atoms with Gasteiger partial charge in [0, 0.05) is 5.56 Å². The lowest BCUT2D eigenvalue weighted by atomic mass is 10.2. The highest BCUT2D eigenvalue weighted by atomic mass is 79.9. The molecule has 0 amide bonds. The summed E-state index contributed by atoms with van der Waals surface area (Å²) < 4.78 is 43.7. The van der Waals surface area contributed by atoms with Gasteiger partial charge in [-0.3, -0.25) is 0 Å². The predicted octanol–water partition coefficient (Wildman–Crippen LogP) is 4.00. The monoisotopic (exact) mass is 338 g/mol. The molecule has 0 aliphatic carbocycles. The summed E-state index contributed by atoms with van der Waals surface area (Å²) in [5, 5.41) is 1.20. The van der Waals surface area contributed by atoms with Crippen molar-refractivity contribution < 1.29 is 17.9 Å². The summed E-state index contributed by atoms with van der Waals surface area (Å²) >= 11 is 4.42. The van der Waals surface area contributed by atoms with Gasteiger partial charge in [-0.25, -0.2) is 4.98 Å². The highest BCUT2D eigenvalue weighted by Gasteiger charge is 2.30. The fourth-order valence-corrected chi connectivity index (χ4v) is 2.33. The Morgan fingerprint density at radius 2 is 1.89 bits per heavy atom. The van der Waals surface area contributed by atoms with Gasteiger partial charge in [-0.05, 0) is 35.8 Å². The fourth-order valence-electron chi connectivity index (χ4n) is 1.22. The summed E-state index contributed by atoms with van der Waals surface area (Å²) in [6, 6.07) is 5.52. The molecule has 0 atom stereocenters. The van der Waals surface area contributed by atoms with Gasteiger partial charge in [-0.15, -0.1) is 13.2 Å². The van der Waals surface area contributed by atoms with E-state index in [1.807, 2.05) is 0 Å². The molecule has 0 fully saturated rings. The molecule has 2 aromatic rings. The largest absolute Gasteiger partial charge is 0.573 e. The molecule has 3 nitrogen and oxygen atoms in total. The van der Waals surface area contributed by atoms with Crippen LogP contribution in [0, 0.1) is 0 Å². The molecule has 0 saturated heterocycles. The number of hydrogen-bond donors (Lipinski definition) is 0. The molecule has 0 aliphatic heterocycles. The third-order valence-corrected chi connectivity index (χ3v) is 3.23. The van der Waals surface area contributed by atoms with Crippen LogP contribution in [0.25, 0.3) is 10.6 Å². The lowest BCUT2D eigenvalue weighted by molar-refractivity contribution is -0.274. The Hall–Kier alpha value is -1.15. The van der Waals surface area contributed by atoms with Crippen molar-refractivity contribution in [2.24, 2.45) is 0 Å². The van der Waals surface area contributed by atoms with E-state index in [0.29, 0.717) is 21.7 Å². The zero-order valence-corrected chi connectivity index (χ0v) is 11.1. The fraction of sp³-hybridized carbons (Fsp3) is 0.200. The molecule has 0 saturated carbocycles. The van der Waals surface area contributed by atoms with Crippen LogP contribution in [0.4, 0.5) is 13.2 Å². The van der Waals surface area contributed by atoms with Gasteiger partial charge in [0.05, 0.1) is 5.33 Å². The second-order valence-corrected chi connectivity index (χ2v) is 4.53. The summed E-state index contributed by atoms with van der Waals surface area (Å²) in [6.07, 6.45) is -4.67. The summed E-state index contributed by atoms with van der Waals surface area (Å²) in [4.78, 5) is 4.20. The van der Waals surface area contributed by atoms with Crippen LogP contribution >= 0.6 is 27.5 Å². The van der Waals surface area contributed by atoms with Gasteiger partial charge in [0.25, 0.3) is 0 Å². The number of aromatic nitrogens is 2. The molecular formula is C10H6BrF3N2OS. The van der Waals surface area contributed by atoms with Gasteiger partial charge in [-0.1, -0.05) is 15.9 Å². The van der Waals surface area contributed by atoms with E-state index in [9.17, 15) is 13.2 Å². The first-order valence-electron chi connectivity index (χ1n) is 4.72. The van der Waals surface area contributed by atoms with E-state index in [-0.39, 0.29) is 5.75 Å². The van der Waals surface area contributed by atoms with Crippen LogP contribution in [0.3, 0.4) is 0 Å². The lowest BCUT2D eigenvalue weighted by Gasteiger charge is -2.08. The molecule has 0 bridgehead atoms. The smallest absolute Gasteiger partial charge is 0.406 e. The maximum atomic E-state index is 12.0. The van der Waals surface area contributed by atoms with Crippen molar-refractivity contribution in [2.45, 2.75) is 11.7 Å². The van der Waals surface area contributed by atoms with Crippen molar-refractivity contribution in [2.75, 3.05) is 0 Å². The summed E-state index contributed by atoms with van der Waals surface area (Å²) in [6.45, 7) is 0. The van der Waals surface area contributed by atoms with Crippen molar-refractivity contribution >= 4 is 27.5 Å². The number of rotatable bonds is 3. The van der Waals surface area contributed by atoms with E-state index in [4.69, 9.17) is 0 Å². The van der Waals surface area contributed by atoms with E-state index in [0.717, 1.165) is 0 Å². The SMILES string of the molecule is FC(F)(F)Oc1ccc(-c2nc(CBr)ns2)cc1. The maximum Gasteiger partial charge on any atom is 0.573 e. The van der Waals surface area contributed by atoms with E-state index >= 15 is 0 Å². The molecule has 0 radical (unpaired) electrons. The van der Waals surface area contributed by atoms with Crippen LogP contribution in [-0.2, 0) is 5.33 Å². The molecule has 0 aliphatic rings. The lowest BCUT2D eigenvalue weighted by Crippen LogP contribution is -2.16. The van der Waals surface area contributed by atoms with Gasteiger partial charge in [0.15, 0.2) is 5.82 Å². The van der Waals surface area contributed by atoms with Crippen LogP contribution in [0.2, 0.25) is 0 Å². The quantitative estimate of drug-likeness (QED) is 0.793. The zero-order chi connectivity index (χ0) is 13.2. The molecule has 2 rings (SSSR count). The second-order valence-electron chi connectivity index (χ2n) is 3.22. The van der Waals surface area contributed by atoms with Crippen LogP contribution in [0.5, 0.6) is 5.75 Å². The normalized spacial score (nSPS) is 11.6. The van der Waals surface area contributed by atoms with Gasteiger partial charge in [-0.2, -0.15) is 4.37 Å². The molecule has 0 spiro atoms. The number of benzene rings is 1. The van der Waals surface area contributed by atoms with Crippen molar-refractivity contribution in [1.29, 1.82) is 0 Å². The Morgan fingerprint density at radius 1 is 1.22 bits per heavy atom. The number of ether oxygens (including phenoxy) is 1. The Labute approximate surface area is 113 Å². The first-order valence-corrected chi connectivity index (χ1v) is 6.62. The first-order chi connectivity index (χ1) is 8.48. The maximum absolute atomic E-state index is 12.0. The average molecular weight is 339 g/mol. The summed E-state index contributed by atoms with van der Waals surface area (Å²) in [5.41, 5.74) is 0.703. The minimum Gasteiger partial charge on any atom is -0.406 e. The Bertz CT molecular complexity index is 527. The van der Waals surface area contributed by atoms with E-state index < -0.39 is 6.36 Å². The Balaban J connectivity index is 2.17. The van der Waals surface area contributed by atoms with Crippen molar-refractivity contribution in [3.63, 3.8) is 0 Å². The second kappa shape index (κ2) is 5.23. The van der Waals surface area contributed by atoms with Crippen LogP contribution in [0.1, 0.15) is 5.82 Å². The molecular weight excluding hydrogens is 333 g/mol. The Kier molecular flexibility index (Phi) is 3.86. The standard InChI is InChI=1S/C10H6BrF3N2OS/c11-5-8-15-9(18-16-8)6-1-3-7(4-2-6)17-10(12,13)14/h1-4H,5H2. The highest BCUT2D eigenvalue weighted by Crippen LogP contribution is 2.27. The first kappa shape index (κ1) is 13.3. The molecule has 1 aromatic carbocycles. The highest BCUT2D eigenvalue weighted by molar-refractivity contribution is 9.08. The minimum atomic E-state index is -4.67. The van der Waals surface area contributed by atoms with Gasteiger partial charge >= 0.3 is 6.36 Å². The third-order valence-electron chi connectivity index (χ3n) is 1.92. The summed E-state index contributed by atoms with van der Waals surface area (Å²) in [7, 11) is 0. The molecule has 0 unspecified atom stereocenters. The number of halogens is 4. The van der Waals surface area contributed by atoms with Crippen molar-refractivity contribution in [1.82, 2.24) is 9.36 Å². The minimum absolute atomic E-state index is 0.253. The van der Waals surface area contributed by atoms with Crippen molar-refractivity contribution in [3.8, 4) is 16.3 Å². The van der Waals surface area contributed by atoms with Gasteiger partial charge in [0.2, 0.25) is 0 Å². The molecule has 8 heteroatoms. The molecule has 1 heterocycles. The molecule has 96 valence electrons. The molecule has 0 N–H and O–H groups in total. The molecule has 1 aromatic heterocycles. The Morgan fingerprint density at radius 3 is 2.39 bits per heavy atom. The zero-order valence-electron chi connectivity index (χ0n) is 8.74. The average Bonchev–Trinajstić information content (AvgIpc) is 2.76. The van der Waals surface area contributed by atoms with Crippen LogP contribution in [-0.4, -0.2) is 15.7 Å². The van der Waals surface area contributed by atoms with Crippen LogP contribution in [0.15, 0.2) is 24.3 Å². The number of alkyl halides is 4. The number of hydrogen-bond acceptors (Lipinski definition) is 4. The van der Waals surface area contributed by atoms with E-state index in [1.54, 1.807) is 0 Å². The molecule has 18 heavy (non-hydrogen) atoms. The van der Waals surface area contributed by atoms with E-state index in [2.05, 4.69) is 30.0 Å². The van der Waals surface area contributed by atoms with Gasteiger partial charge in [0.1, 0.15) is 10.8 Å². The summed E-state index contributed by atoms with van der Waals surface area (Å²) in [5.74, 6) is 0.391. The number of nitrogens with zero attached hydrogens (tertiary/aromatic N) is 2. The van der Waals surface area contributed by atoms with Crippen LogP contribution < -0.4 is 4.74 Å². The van der Waals surface area contributed by atoms with Crippen molar-refractivity contribution in [3.05, 3.63) is 30.1 Å². The topological polar surface area (TPSA) is 35.0 Å².